The number of hydrogen-bond acceptors (Lipinski definition) is 0. The van der Waals surface area contributed by atoms with Gasteiger partial charge in [-0.1, -0.05) is 67.1 Å². The van der Waals surface area contributed by atoms with E-state index in [0.29, 0.717) is 0 Å². The largest absolute Gasteiger partial charge is 0.142 e. The van der Waals surface area contributed by atoms with Crippen molar-refractivity contribution >= 4 is 16.1 Å². The minimum Gasteiger partial charge on any atom is -0.139 e. The zero-order valence-corrected chi connectivity index (χ0v) is 15.3. The second kappa shape index (κ2) is 6.80. The lowest BCUT2D eigenvalue weighted by atomic mass is 10.4. The highest BCUT2D eigenvalue weighted by Crippen LogP contribution is 2.36. The van der Waals surface area contributed by atoms with E-state index in [0.717, 1.165) is 11.1 Å². The topological polar surface area (TPSA) is 0 Å². The minimum absolute atomic E-state index is 0.790. The molecule has 0 aromatic rings. The van der Waals surface area contributed by atoms with Crippen molar-refractivity contribution < 1.29 is 0 Å². The lowest BCUT2D eigenvalue weighted by Gasteiger charge is -2.34. The van der Waals surface area contributed by atoms with Crippen molar-refractivity contribution in [3.63, 3.8) is 0 Å². The first-order valence-corrected chi connectivity index (χ1v) is 13.1. The van der Waals surface area contributed by atoms with E-state index in [1.54, 1.807) is 0 Å². The molecule has 2 heteroatoms. The normalized spacial score (nSPS) is 12.8. The van der Waals surface area contributed by atoms with Gasteiger partial charge >= 0.3 is 0 Å². The average Bonchev–Trinajstić information content (AvgIpc) is 2.15. The van der Waals surface area contributed by atoms with Gasteiger partial charge in [0.25, 0.3) is 0 Å². The van der Waals surface area contributed by atoms with Crippen LogP contribution in [0.15, 0.2) is 0 Å². The maximum absolute atomic E-state index is 3.86. The molecule has 0 saturated heterocycles. The summed E-state index contributed by atoms with van der Waals surface area (Å²) < 4.78 is 0. The third-order valence-corrected chi connectivity index (χ3v) is 10.7. The number of unbranched alkanes of at least 4 members (excludes halogenated alkanes) is 1. The SMILES string of the molecule is CCCC[Si](C#C[Si](C)(C)C)(C(C)C)C(C)C. The van der Waals surface area contributed by atoms with Crippen LogP contribution >= 0.6 is 0 Å². The lowest BCUT2D eigenvalue weighted by molar-refractivity contribution is 0.817. The van der Waals surface area contributed by atoms with Gasteiger partial charge in [-0.25, -0.2) is 0 Å². The van der Waals surface area contributed by atoms with Crippen LogP contribution in [0.3, 0.4) is 0 Å². The zero-order valence-electron chi connectivity index (χ0n) is 13.3. The molecule has 0 nitrogen and oxygen atoms in total. The van der Waals surface area contributed by atoms with Crippen LogP contribution in [-0.2, 0) is 0 Å². The predicted octanol–water partition coefficient (Wildman–Crippen LogP) is 5.48. The maximum Gasteiger partial charge on any atom is 0.142 e. The molecular formula is C15H32Si2. The quantitative estimate of drug-likeness (QED) is 0.458. The predicted molar refractivity (Wildman–Crippen MR) is 86.8 cm³/mol. The molecule has 0 unspecified atom stereocenters. The highest BCUT2D eigenvalue weighted by molar-refractivity contribution is 6.92. The maximum atomic E-state index is 3.86. The Labute approximate surface area is 112 Å². The van der Waals surface area contributed by atoms with E-state index in [2.05, 4.69) is 65.3 Å². The van der Waals surface area contributed by atoms with E-state index in [1.165, 1.54) is 18.9 Å². The molecule has 0 aliphatic rings. The summed E-state index contributed by atoms with van der Waals surface area (Å²) in [5, 5.41) is 0. The van der Waals surface area contributed by atoms with E-state index in [1.807, 2.05) is 0 Å². The van der Waals surface area contributed by atoms with Crippen LogP contribution in [0.5, 0.6) is 0 Å². The molecule has 0 radical (unpaired) electrons. The molecule has 0 spiro atoms. The number of rotatable bonds is 5. The fourth-order valence-corrected chi connectivity index (χ4v) is 8.93. The first-order valence-electron chi connectivity index (χ1n) is 7.20. The summed E-state index contributed by atoms with van der Waals surface area (Å²) in [7, 11) is -2.63. The molecule has 0 heterocycles. The Balaban J connectivity index is 5.23. The van der Waals surface area contributed by atoms with E-state index in [-0.39, 0.29) is 0 Å². The number of hydrogen-bond donors (Lipinski definition) is 0. The molecule has 0 aliphatic heterocycles. The molecular weight excluding hydrogens is 236 g/mol. The monoisotopic (exact) mass is 268 g/mol. The molecule has 0 aromatic heterocycles. The molecule has 0 bridgehead atoms. The third kappa shape index (κ3) is 5.44. The van der Waals surface area contributed by atoms with Gasteiger partial charge in [-0.2, -0.15) is 0 Å². The summed E-state index contributed by atoms with van der Waals surface area (Å²) in [6, 6.07) is 1.40. The second-order valence-electron chi connectivity index (χ2n) is 6.95. The van der Waals surface area contributed by atoms with Crippen LogP contribution < -0.4 is 0 Å². The summed E-state index contributed by atoms with van der Waals surface area (Å²) in [5.74, 6) is 0. The van der Waals surface area contributed by atoms with E-state index >= 15 is 0 Å². The molecule has 0 saturated carbocycles. The molecule has 0 amide bonds. The van der Waals surface area contributed by atoms with Crippen LogP contribution in [0.4, 0.5) is 0 Å². The highest BCUT2D eigenvalue weighted by atomic mass is 28.3. The summed E-state index contributed by atoms with van der Waals surface area (Å²) >= 11 is 0. The van der Waals surface area contributed by atoms with Gasteiger partial charge in [0, 0.05) is 0 Å². The zero-order chi connectivity index (χ0) is 13.7. The lowest BCUT2D eigenvalue weighted by Crippen LogP contribution is -2.40. The van der Waals surface area contributed by atoms with Crippen LogP contribution in [0.25, 0.3) is 0 Å². The minimum atomic E-state index is -1.41. The third-order valence-electron chi connectivity index (χ3n) is 3.67. The van der Waals surface area contributed by atoms with Gasteiger partial charge in [-0.15, -0.1) is 11.1 Å². The Kier molecular flexibility index (Phi) is 6.80. The molecule has 0 aromatic carbocycles. The Morgan fingerprint density at radius 3 is 1.65 bits per heavy atom. The standard InChI is InChI=1S/C15H32Si2/c1-9-10-11-17(14(2)3,15(4)5)13-12-16(6,7)8/h14-15H,9-11H2,1-8H3. The van der Waals surface area contributed by atoms with E-state index in [4.69, 9.17) is 0 Å². The molecule has 0 atom stereocenters. The van der Waals surface area contributed by atoms with Gasteiger partial charge in [-0.05, 0) is 17.1 Å². The van der Waals surface area contributed by atoms with Gasteiger partial charge in [0.05, 0.1) is 0 Å². The molecule has 0 rings (SSSR count). The van der Waals surface area contributed by atoms with Crippen LogP contribution in [0.1, 0.15) is 47.5 Å². The Morgan fingerprint density at radius 2 is 1.35 bits per heavy atom. The summed E-state index contributed by atoms with van der Waals surface area (Å²) in [6.45, 7) is 19.0. The van der Waals surface area contributed by atoms with Crippen molar-refractivity contribution in [1.82, 2.24) is 0 Å². The van der Waals surface area contributed by atoms with Gasteiger partial charge in [-0.3, -0.25) is 0 Å². The van der Waals surface area contributed by atoms with Crippen molar-refractivity contribution in [3.05, 3.63) is 0 Å². The molecule has 100 valence electrons. The second-order valence-corrected chi connectivity index (χ2v) is 16.8. The fraction of sp³-hybridized carbons (Fsp3) is 0.867. The molecule has 17 heavy (non-hydrogen) atoms. The summed E-state index contributed by atoms with van der Waals surface area (Å²) in [5.41, 5.74) is 9.12. The summed E-state index contributed by atoms with van der Waals surface area (Å²) in [4.78, 5) is 0. The molecule has 0 aliphatic carbocycles. The van der Waals surface area contributed by atoms with Gasteiger partial charge in [0.2, 0.25) is 0 Å². The van der Waals surface area contributed by atoms with Crippen molar-refractivity contribution in [2.75, 3.05) is 0 Å². The van der Waals surface area contributed by atoms with Crippen LogP contribution in [0, 0.1) is 11.1 Å². The van der Waals surface area contributed by atoms with E-state index < -0.39 is 16.1 Å². The van der Waals surface area contributed by atoms with Gasteiger partial charge in [0.1, 0.15) is 16.1 Å². The van der Waals surface area contributed by atoms with Gasteiger partial charge in [0.15, 0.2) is 0 Å². The summed E-state index contributed by atoms with van der Waals surface area (Å²) in [6.07, 6.45) is 2.67. The molecule has 0 N–H and O–H groups in total. The van der Waals surface area contributed by atoms with Crippen molar-refractivity contribution in [2.24, 2.45) is 0 Å². The first kappa shape index (κ1) is 17.0. The fourth-order valence-electron chi connectivity index (χ4n) is 2.37. The Bertz CT molecular complexity index is 266. The van der Waals surface area contributed by atoms with Crippen molar-refractivity contribution in [2.45, 2.75) is 84.2 Å². The van der Waals surface area contributed by atoms with Crippen molar-refractivity contribution in [1.29, 1.82) is 0 Å². The molecule has 0 fully saturated rings. The van der Waals surface area contributed by atoms with E-state index in [9.17, 15) is 0 Å². The first-order chi connectivity index (χ1) is 7.65. The Morgan fingerprint density at radius 1 is 0.882 bits per heavy atom. The van der Waals surface area contributed by atoms with Crippen LogP contribution in [-0.4, -0.2) is 16.1 Å². The highest BCUT2D eigenvalue weighted by Gasteiger charge is 2.38. The smallest absolute Gasteiger partial charge is 0.139 e. The average molecular weight is 269 g/mol. The Hall–Kier alpha value is -0.00623. The van der Waals surface area contributed by atoms with Gasteiger partial charge < -0.3 is 0 Å². The van der Waals surface area contributed by atoms with Crippen molar-refractivity contribution in [3.8, 4) is 11.1 Å². The van der Waals surface area contributed by atoms with Crippen LogP contribution in [0.2, 0.25) is 36.8 Å².